The maximum atomic E-state index is 6.41. The van der Waals surface area contributed by atoms with Crippen molar-refractivity contribution in [3.63, 3.8) is 0 Å². The van der Waals surface area contributed by atoms with E-state index in [0.717, 1.165) is 19.3 Å². The van der Waals surface area contributed by atoms with Gasteiger partial charge in [0.1, 0.15) is 6.79 Å². The van der Waals surface area contributed by atoms with E-state index in [1.165, 1.54) is 0 Å². The summed E-state index contributed by atoms with van der Waals surface area (Å²) in [6, 6.07) is 0. The van der Waals surface area contributed by atoms with Crippen molar-refractivity contribution >= 4 is 8.32 Å². The van der Waals surface area contributed by atoms with Crippen molar-refractivity contribution in [1.82, 2.24) is 0 Å². The van der Waals surface area contributed by atoms with Crippen LogP contribution in [0.25, 0.3) is 0 Å². The van der Waals surface area contributed by atoms with E-state index in [1.807, 2.05) is 0 Å². The molecule has 0 amide bonds. The van der Waals surface area contributed by atoms with Gasteiger partial charge in [0.15, 0.2) is 8.32 Å². The molecule has 4 heteroatoms. The van der Waals surface area contributed by atoms with Gasteiger partial charge in [0.05, 0.1) is 6.10 Å². The van der Waals surface area contributed by atoms with Crippen molar-refractivity contribution in [2.45, 2.75) is 84.2 Å². The fourth-order valence-corrected chi connectivity index (χ4v) is 3.41. The Morgan fingerprint density at radius 3 is 2.26 bits per heavy atom. The molecule has 0 saturated heterocycles. The Morgan fingerprint density at radius 1 is 1.09 bits per heavy atom. The Morgan fingerprint density at radius 2 is 1.74 bits per heavy atom. The maximum Gasteiger partial charge on any atom is 0.192 e. The Balaban J connectivity index is 4.47. The second kappa shape index (κ2) is 11.2. The van der Waals surface area contributed by atoms with Crippen molar-refractivity contribution in [1.29, 1.82) is 0 Å². The number of rotatable bonds is 11. The molecule has 0 saturated carbocycles. The summed E-state index contributed by atoms with van der Waals surface area (Å²) in [4.78, 5) is 0. The first kappa shape index (κ1) is 22.6. The Bertz CT molecular complexity index is 356. The summed E-state index contributed by atoms with van der Waals surface area (Å²) in [7, 11) is -0.0425. The lowest BCUT2D eigenvalue weighted by molar-refractivity contribution is -0.0597. The highest BCUT2D eigenvalue weighted by atomic mass is 28.4. The van der Waals surface area contributed by atoms with E-state index in [9.17, 15) is 0 Å². The Labute approximate surface area is 145 Å². The van der Waals surface area contributed by atoms with E-state index in [-0.39, 0.29) is 17.2 Å². The quantitative estimate of drug-likeness (QED) is 0.274. The molecule has 0 aromatic rings. The van der Waals surface area contributed by atoms with E-state index in [4.69, 9.17) is 13.9 Å². The highest BCUT2D eigenvalue weighted by Crippen LogP contribution is 2.37. The van der Waals surface area contributed by atoms with Gasteiger partial charge in [0.2, 0.25) is 0 Å². The molecule has 0 radical (unpaired) electrons. The highest BCUT2D eigenvalue weighted by Gasteiger charge is 2.38. The van der Waals surface area contributed by atoms with Gasteiger partial charge in [0, 0.05) is 13.2 Å². The van der Waals surface area contributed by atoms with Crippen molar-refractivity contribution in [2.75, 3.05) is 13.9 Å². The molecule has 0 N–H and O–H groups in total. The molecule has 0 aromatic carbocycles. The standard InChI is InChI=1S/C19H38O3Si/c1-9-10-11-12-13-18(21-16-20-6)15-14-17(2)22-23(7,8)19(3,4)5/h10-13,17-18H,9,14-16H2,1-8H3/t17-,18+/m1/s1. The van der Waals surface area contributed by atoms with Gasteiger partial charge >= 0.3 is 0 Å². The third-order valence-electron chi connectivity index (χ3n) is 4.37. The average molecular weight is 343 g/mol. The van der Waals surface area contributed by atoms with Crippen LogP contribution in [0, 0.1) is 0 Å². The molecular weight excluding hydrogens is 304 g/mol. The summed E-state index contributed by atoms with van der Waals surface area (Å²) in [6.45, 7) is 16.1. The maximum absolute atomic E-state index is 6.41. The van der Waals surface area contributed by atoms with Crippen molar-refractivity contribution in [3.8, 4) is 0 Å². The molecule has 0 aliphatic rings. The molecule has 136 valence electrons. The SMILES string of the molecule is CCC=CC=C[C@@H](CC[C@@H](C)O[Si](C)(C)C(C)(C)C)OCOC. The zero-order chi connectivity index (χ0) is 17.9. The molecular formula is C19H38O3Si. The fraction of sp³-hybridized carbons (Fsp3) is 0.789. The van der Waals surface area contributed by atoms with Crippen molar-refractivity contribution in [3.05, 3.63) is 24.3 Å². The second-order valence-electron chi connectivity index (χ2n) is 7.60. The molecule has 2 atom stereocenters. The first-order valence-electron chi connectivity index (χ1n) is 8.75. The molecule has 0 unspecified atom stereocenters. The molecule has 0 aliphatic heterocycles. The summed E-state index contributed by atoms with van der Waals surface area (Å²) in [5.74, 6) is 0. The number of hydrogen-bond acceptors (Lipinski definition) is 3. The van der Waals surface area contributed by atoms with E-state index >= 15 is 0 Å². The third-order valence-corrected chi connectivity index (χ3v) is 8.97. The minimum absolute atomic E-state index is 0.0712. The van der Waals surface area contributed by atoms with E-state index in [1.54, 1.807) is 7.11 Å². The van der Waals surface area contributed by atoms with Crippen LogP contribution in [0.1, 0.15) is 53.9 Å². The number of ether oxygens (including phenoxy) is 2. The summed E-state index contributed by atoms with van der Waals surface area (Å²) >= 11 is 0. The lowest BCUT2D eigenvalue weighted by atomic mass is 10.1. The van der Waals surface area contributed by atoms with Crippen LogP contribution < -0.4 is 0 Å². The summed E-state index contributed by atoms with van der Waals surface area (Å²) in [5.41, 5.74) is 0. The van der Waals surface area contributed by atoms with Crippen LogP contribution in [0.3, 0.4) is 0 Å². The number of allylic oxidation sites excluding steroid dienone is 3. The Hall–Kier alpha value is -0.423. The van der Waals surface area contributed by atoms with Crippen molar-refractivity contribution in [2.24, 2.45) is 0 Å². The van der Waals surface area contributed by atoms with Gasteiger partial charge in [-0.1, -0.05) is 52.0 Å². The molecule has 0 aromatic heterocycles. The molecule has 0 heterocycles. The molecule has 0 fully saturated rings. The van der Waals surface area contributed by atoms with E-state index < -0.39 is 8.32 Å². The van der Waals surface area contributed by atoms with E-state index in [2.05, 4.69) is 72.0 Å². The first-order valence-corrected chi connectivity index (χ1v) is 11.7. The monoisotopic (exact) mass is 342 g/mol. The predicted octanol–water partition coefficient (Wildman–Crippen LogP) is 5.69. The van der Waals surface area contributed by atoms with Crippen molar-refractivity contribution < 1.29 is 13.9 Å². The molecule has 0 bridgehead atoms. The van der Waals surface area contributed by atoms with Crippen LogP contribution in [0.2, 0.25) is 18.1 Å². The van der Waals surface area contributed by atoms with Crippen LogP contribution in [0.5, 0.6) is 0 Å². The average Bonchev–Trinajstić information content (AvgIpc) is 2.43. The smallest absolute Gasteiger partial charge is 0.192 e. The molecule has 0 rings (SSSR count). The van der Waals surface area contributed by atoms with Gasteiger partial charge in [-0.05, 0) is 44.3 Å². The molecule has 23 heavy (non-hydrogen) atoms. The lowest BCUT2D eigenvalue weighted by Gasteiger charge is -2.38. The van der Waals surface area contributed by atoms with Gasteiger partial charge in [-0.25, -0.2) is 0 Å². The molecule has 0 spiro atoms. The van der Waals surface area contributed by atoms with Gasteiger partial charge < -0.3 is 13.9 Å². The summed E-state index contributed by atoms with van der Waals surface area (Å²) in [5, 5.41) is 0.248. The zero-order valence-corrected chi connectivity index (χ0v) is 17.5. The fourth-order valence-electron chi connectivity index (χ4n) is 1.93. The molecule has 3 nitrogen and oxygen atoms in total. The van der Waals surface area contributed by atoms with Gasteiger partial charge in [-0.2, -0.15) is 0 Å². The normalized spacial score (nSPS) is 16.3. The Kier molecular flexibility index (Phi) is 11.0. The van der Waals surface area contributed by atoms with Crippen LogP contribution in [-0.2, 0) is 13.9 Å². The van der Waals surface area contributed by atoms with Crippen LogP contribution in [-0.4, -0.2) is 34.4 Å². The van der Waals surface area contributed by atoms with Gasteiger partial charge in [-0.15, -0.1) is 0 Å². The number of hydrogen-bond donors (Lipinski definition) is 0. The summed E-state index contributed by atoms with van der Waals surface area (Å²) in [6.07, 6.45) is 11.7. The zero-order valence-electron chi connectivity index (χ0n) is 16.5. The topological polar surface area (TPSA) is 27.7 Å². The predicted molar refractivity (Wildman–Crippen MR) is 102 cm³/mol. The molecule has 0 aliphatic carbocycles. The minimum atomic E-state index is -1.70. The van der Waals surface area contributed by atoms with Gasteiger partial charge in [-0.3, -0.25) is 0 Å². The van der Waals surface area contributed by atoms with Crippen LogP contribution >= 0.6 is 0 Å². The first-order chi connectivity index (χ1) is 10.6. The largest absolute Gasteiger partial charge is 0.414 e. The van der Waals surface area contributed by atoms with Crippen LogP contribution in [0.15, 0.2) is 24.3 Å². The minimum Gasteiger partial charge on any atom is -0.414 e. The summed E-state index contributed by atoms with van der Waals surface area (Å²) < 4.78 is 17.2. The number of methoxy groups -OCH3 is 1. The second-order valence-corrected chi connectivity index (χ2v) is 12.4. The lowest BCUT2D eigenvalue weighted by Crippen LogP contribution is -2.43. The third kappa shape index (κ3) is 10.1. The van der Waals surface area contributed by atoms with Gasteiger partial charge in [0.25, 0.3) is 0 Å². The van der Waals surface area contributed by atoms with E-state index in [0.29, 0.717) is 6.79 Å². The van der Waals surface area contributed by atoms with Crippen LogP contribution in [0.4, 0.5) is 0 Å². The highest BCUT2D eigenvalue weighted by molar-refractivity contribution is 6.74.